The Hall–Kier alpha value is -2.18. The zero-order valence-corrected chi connectivity index (χ0v) is 18.4. The van der Waals surface area contributed by atoms with Gasteiger partial charge in [0.05, 0.1) is 17.9 Å². The highest BCUT2D eigenvalue weighted by molar-refractivity contribution is 6.05. The maximum absolute atomic E-state index is 12.6. The van der Waals surface area contributed by atoms with Gasteiger partial charge >= 0.3 is 0 Å². The highest BCUT2D eigenvalue weighted by Gasteiger charge is 2.46. The van der Waals surface area contributed by atoms with Crippen molar-refractivity contribution in [1.82, 2.24) is 9.80 Å². The summed E-state index contributed by atoms with van der Waals surface area (Å²) in [6.07, 6.45) is 6.29. The van der Waals surface area contributed by atoms with Crippen LogP contribution in [-0.2, 0) is 9.59 Å². The van der Waals surface area contributed by atoms with Gasteiger partial charge in [-0.1, -0.05) is 37.3 Å². The highest BCUT2D eigenvalue weighted by Crippen LogP contribution is 2.35. The number of imide groups is 1. The molecule has 1 aliphatic heterocycles. The highest BCUT2D eigenvalue weighted by atomic mass is 16.5. The summed E-state index contributed by atoms with van der Waals surface area (Å²) in [7, 11) is 0. The summed E-state index contributed by atoms with van der Waals surface area (Å²) < 4.78 is 5.92. The van der Waals surface area contributed by atoms with Crippen LogP contribution in [0.25, 0.3) is 0 Å². The van der Waals surface area contributed by atoms with Crippen molar-refractivity contribution in [1.29, 1.82) is 0 Å². The maximum Gasteiger partial charge on any atom is 0.233 e. The molecule has 1 heterocycles. The SMILES string of the molecule is CCN(CCCN1C(=O)C2CC=CCC2C1=O)CC(N)c1ccccc1OC(C)C. The normalized spacial score (nSPS) is 22.1. The molecule has 1 aromatic carbocycles. The first kappa shape index (κ1) is 22.5. The molecule has 6 nitrogen and oxygen atoms in total. The van der Waals surface area contributed by atoms with Crippen LogP contribution in [0, 0.1) is 11.8 Å². The monoisotopic (exact) mass is 413 g/mol. The summed E-state index contributed by atoms with van der Waals surface area (Å²) in [5.74, 6) is 0.564. The minimum Gasteiger partial charge on any atom is -0.491 e. The van der Waals surface area contributed by atoms with Crippen LogP contribution < -0.4 is 10.5 Å². The summed E-state index contributed by atoms with van der Waals surface area (Å²) in [5.41, 5.74) is 7.52. The summed E-state index contributed by atoms with van der Waals surface area (Å²) in [4.78, 5) is 29.0. The van der Waals surface area contributed by atoms with Gasteiger partial charge in [-0.25, -0.2) is 0 Å². The molecule has 2 N–H and O–H groups in total. The van der Waals surface area contributed by atoms with E-state index < -0.39 is 0 Å². The Bertz CT molecular complexity index is 751. The Morgan fingerprint density at radius 3 is 2.37 bits per heavy atom. The third-order valence-corrected chi connectivity index (χ3v) is 6.04. The van der Waals surface area contributed by atoms with E-state index in [1.54, 1.807) is 0 Å². The molecule has 0 aromatic heterocycles. The number of para-hydroxylation sites is 1. The zero-order chi connectivity index (χ0) is 21.7. The van der Waals surface area contributed by atoms with Crippen LogP contribution >= 0.6 is 0 Å². The smallest absolute Gasteiger partial charge is 0.233 e. The van der Waals surface area contributed by atoms with Crippen LogP contribution in [0.3, 0.4) is 0 Å². The Kier molecular flexibility index (Phi) is 7.67. The van der Waals surface area contributed by atoms with Crippen LogP contribution in [0.4, 0.5) is 0 Å². The van der Waals surface area contributed by atoms with Crippen LogP contribution in [-0.4, -0.2) is 53.9 Å². The van der Waals surface area contributed by atoms with Crippen LogP contribution in [0.2, 0.25) is 0 Å². The first-order chi connectivity index (χ1) is 14.4. The fourth-order valence-corrected chi connectivity index (χ4v) is 4.44. The predicted octanol–water partition coefficient (Wildman–Crippen LogP) is 3.14. The van der Waals surface area contributed by atoms with Gasteiger partial charge in [-0.2, -0.15) is 0 Å². The maximum atomic E-state index is 12.6. The molecular weight excluding hydrogens is 378 g/mol. The lowest BCUT2D eigenvalue weighted by Crippen LogP contribution is -2.37. The van der Waals surface area contributed by atoms with E-state index in [-0.39, 0.29) is 35.8 Å². The minimum atomic E-state index is -0.163. The van der Waals surface area contributed by atoms with Crippen molar-refractivity contribution in [2.45, 2.75) is 52.2 Å². The number of carbonyl (C=O) groups is 2. The van der Waals surface area contributed by atoms with Crippen molar-refractivity contribution >= 4 is 11.8 Å². The van der Waals surface area contributed by atoms with Gasteiger partial charge in [-0.05, 0) is 52.3 Å². The fourth-order valence-electron chi connectivity index (χ4n) is 4.44. The second kappa shape index (κ2) is 10.2. The number of rotatable bonds is 10. The number of nitrogens with zero attached hydrogens (tertiary/aromatic N) is 2. The Morgan fingerprint density at radius 2 is 1.77 bits per heavy atom. The molecule has 0 spiro atoms. The molecule has 3 atom stereocenters. The van der Waals surface area contributed by atoms with Crippen molar-refractivity contribution in [3.05, 3.63) is 42.0 Å². The van der Waals surface area contributed by atoms with Gasteiger partial charge in [0.1, 0.15) is 5.75 Å². The number of likely N-dealkylation sites (N-methyl/N-ethyl adjacent to an activating group) is 1. The Balaban J connectivity index is 1.53. The quantitative estimate of drug-likeness (QED) is 0.471. The molecule has 1 aromatic rings. The standard InChI is InChI=1S/C24H35N3O3/c1-4-26(16-21(25)20-12-7-8-13-22(20)30-17(2)3)14-9-15-27-23(28)18-10-5-6-11-19(18)24(27)29/h5-8,12-13,17-19,21H,4,9-11,14-16,25H2,1-3H3. The van der Waals surface area contributed by atoms with Crippen molar-refractivity contribution < 1.29 is 14.3 Å². The van der Waals surface area contributed by atoms with Gasteiger partial charge in [0, 0.05) is 24.7 Å². The lowest BCUT2D eigenvalue weighted by molar-refractivity contribution is -0.140. The van der Waals surface area contributed by atoms with Gasteiger partial charge in [0.15, 0.2) is 0 Å². The van der Waals surface area contributed by atoms with E-state index in [9.17, 15) is 9.59 Å². The van der Waals surface area contributed by atoms with Gasteiger partial charge in [0.2, 0.25) is 11.8 Å². The number of ether oxygens (including phenoxy) is 1. The van der Waals surface area contributed by atoms with E-state index in [1.807, 2.05) is 50.3 Å². The topological polar surface area (TPSA) is 75.9 Å². The zero-order valence-electron chi connectivity index (χ0n) is 18.4. The van der Waals surface area contributed by atoms with Crippen LogP contribution in [0.1, 0.15) is 51.6 Å². The molecule has 0 radical (unpaired) electrons. The molecule has 3 unspecified atom stereocenters. The molecule has 1 saturated heterocycles. The van der Waals surface area contributed by atoms with Crippen LogP contribution in [0.5, 0.6) is 5.75 Å². The molecule has 3 rings (SSSR count). The fraction of sp³-hybridized carbons (Fsp3) is 0.583. The second-order valence-corrected chi connectivity index (χ2v) is 8.54. The average Bonchev–Trinajstić information content (AvgIpc) is 2.98. The van der Waals surface area contributed by atoms with Crippen molar-refractivity contribution in [3.63, 3.8) is 0 Å². The number of benzene rings is 1. The van der Waals surface area contributed by atoms with Gasteiger partial charge in [-0.15, -0.1) is 0 Å². The number of carbonyl (C=O) groups excluding carboxylic acids is 2. The second-order valence-electron chi connectivity index (χ2n) is 8.54. The molecule has 164 valence electrons. The van der Waals surface area contributed by atoms with E-state index >= 15 is 0 Å². The molecule has 1 fully saturated rings. The average molecular weight is 414 g/mol. The van der Waals surface area contributed by atoms with E-state index in [2.05, 4.69) is 11.8 Å². The lowest BCUT2D eigenvalue weighted by Gasteiger charge is -2.26. The van der Waals surface area contributed by atoms with E-state index in [1.165, 1.54) is 4.90 Å². The van der Waals surface area contributed by atoms with E-state index in [0.717, 1.165) is 30.8 Å². The summed E-state index contributed by atoms with van der Waals surface area (Å²) in [6, 6.07) is 7.77. The summed E-state index contributed by atoms with van der Waals surface area (Å²) >= 11 is 0. The number of likely N-dealkylation sites (tertiary alicyclic amines) is 1. The van der Waals surface area contributed by atoms with Crippen molar-refractivity contribution in [2.24, 2.45) is 17.6 Å². The van der Waals surface area contributed by atoms with Gasteiger partial charge < -0.3 is 15.4 Å². The number of nitrogens with two attached hydrogens (primary N) is 1. The van der Waals surface area contributed by atoms with Gasteiger partial charge in [0.25, 0.3) is 0 Å². The predicted molar refractivity (Wildman–Crippen MR) is 118 cm³/mol. The molecular formula is C24H35N3O3. The molecule has 30 heavy (non-hydrogen) atoms. The van der Waals surface area contributed by atoms with E-state index in [0.29, 0.717) is 25.9 Å². The van der Waals surface area contributed by atoms with E-state index in [4.69, 9.17) is 10.5 Å². The first-order valence-corrected chi connectivity index (χ1v) is 11.2. The van der Waals surface area contributed by atoms with Gasteiger partial charge in [-0.3, -0.25) is 14.5 Å². The number of hydrogen-bond acceptors (Lipinski definition) is 5. The van der Waals surface area contributed by atoms with Crippen LogP contribution in [0.15, 0.2) is 36.4 Å². The molecule has 1 aliphatic carbocycles. The third-order valence-electron chi connectivity index (χ3n) is 6.04. The number of hydrogen-bond donors (Lipinski definition) is 1. The number of amides is 2. The largest absolute Gasteiger partial charge is 0.491 e. The number of fused-ring (bicyclic) bond motifs is 1. The molecule has 2 aliphatic rings. The number of allylic oxidation sites excluding steroid dienone is 2. The molecule has 6 heteroatoms. The molecule has 2 amide bonds. The Morgan fingerprint density at radius 1 is 1.13 bits per heavy atom. The molecule has 0 bridgehead atoms. The summed E-state index contributed by atoms with van der Waals surface area (Å²) in [5, 5.41) is 0. The molecule has 0 saturated carbocycles. The minimum absolute atomic E-state index is 0.00821. The van der Waals surface area contributed by atoms with Crippen molar-refractivity contribution in [3.8, 4) is 5.75 Å². The Labute approximate surface area is 180 Å². The third kappa shape index (κ3) is 5.10. The first-order valence-electron chi connectivity index (χ1n) is 11.2. The lowest BCUT2D eigenvalue weighted by atomic mass is 9.85. The summed E-state index contributed by atoms with van der Waals surface area (Å²) in [6.45, 7) is 8.96. The van der Waals surface area contributed by atoms with Crippen molar-refractivity contribution in [2.75, 3.05) is 26.2 Å².